The highest BCUT2D eigenvalue weighted by Crippen LogP contribution is 2.40. The van der Waals surface area contributed by atoms with Crippen LogP contribution in [0.15, 0.2) is 66.9 Å². The Labute approximate surface area is 241 Å². The first-order valence-corrected chi connectivity index (χ1v) is 13.5. The Balaban J connectivity index is 1.25. The number of amides is 2. The van der Waals surface area contributed by atoms with Crippen LogP contribution >= 0.6 is 0 Å². The first kappa shape index (κ1) is 28.7. The number of piperidine rings is 1. The van der Waals surface area contributed by atoms with Gasteiger partial charge in [0.15, 0.2) is 23.1 Å². The number of rotatable bonds is 9. The molecule has 2 amide bonds. The number of carbonyl (C=O) groups is 2. The molecule has 1 aliphatic heterocycles. The fourth-order valence-electron chi connectivity index (χ4n) is 4.67. The van der Waals surface area contributed by atoms with Crippen LogP contribution in [0.25, 0.3) is 10.9 Å². The van der Waals surface area contributed by atoms with Crippen LogP contribution in [0.4, 0.5) is 14.5 Å². The minimum Gasteiger partial charge on any atom is -0.491 e. The topological polar surface area (TPSA) is 111 Å². The van der Waals surface area contributed by atoms with E-state index in [2.05, 4.69) is 20.9 Å². The Kier molecular flexibility index (Phi) is 9.08. The molecule has 0 radical (unpaired) electrons. The van der Waals surface area contributed by atoms with Crippen LogP contribution in [0.2, 0.25) is 0 Å². The van der Waals surface area contributed by atoms with E-state index in [1.54, 1.807) is 24.3 Å². The third kappa shape index (κ3) is 6.74. The molecule has 0 aliphatic carbocycles. The predicted molar refractivity (Wildman–Crippen MR) is 153 cm³/mol. The van der Waals surface area contributed by atoms with Gasteiger partial charge in [-0.3, -0.25) is 14.6 Å². The molecule has 42 heavy (non-hydrogen) atoms. The maximum atomic E-state index is 15.0. The number of nitrogens with zero attached hydrogens (tertiary/aromatic N) is 1. The molecule has 0 unspecified atom stereocenters. The van der Waals surface area contributed by atoms with Crippen LogP contribution in [0, 0.1) is 17.6 Å². The average Bonchev–Trinajstić information content (AvgIpc) is 3.01. The van der Waals surface area contributed by atoms with Gasteiger partial charge in [0, 0.05) is 35.4 Å². The number of aromatic nitrogens is 1. The highest BCUT2D eigenvalue weighted by Gasteiger charge is 2.19. The van der Waals surface area contributed by atoms with Crippen molar-refractivity contribution < 1.29 is 32.6 Å². The van der Waals surface area contributed by atoms with E-state index in [1.165, 1.54) is 43.6 Å². The molecular weight excluding hydrogens is 546 g/mol. The van der Waals surface area contributed by atoms with Crippen molar-refractivity contribution in [3.05, 3.63) is 84.1 Å². The molecule has 11 heteroatoms. The van der Waals surface area contributed by atoms with E-state index >= 15 is 4.39 Å². The lowest BCUT2D eigenvalue weighted by molar-refractivity contribution is -0.136. The summed E-state index contributed by atoms with van der Waals surface area (Å²) >= 11 is 0. The molecule has 1 aliphatic rings. The lowest BCUT2D eigenvalue weighted by Crippen LogP contribution is -2.35. The molecule has 5 rings (SSSR count). The first-order valence-electron chi connectivity index (χ1n) is 13.5. The van der Waals surface area contributed by atoms with Gasteiger partial charge >= 0.3 is 11.8 Å². The Hall–Kier alpha value is -4.77. The van der Waals surface area contributed by atoms with Gasteiger partial charge in [-0.15, -0.1) is 0 Å². The first-order chi connectivity index (χ1) is 20.4. The van der Waals surface area contributed by atoms with Gasteiger partial charge in [-0.1, -0.05) is 18.2 Å². The van der Waals surface area contributed by atoms with E-state index in [9.17, 15) is 14.0 Å². The third-order valence-electron chi connectivity index (χ3n) is 6.94. The highest BCUT2D eigenvalue weighted by atomic mass is 19.1. The van der Waals surface area contributed by atoms with Crippen molar-refractivity contribution in [2.75, 3.05) is 32.1 Å². The third-order valence-corrected chi connectivity index (χ3v) is 6.94. The summed E-state index contributed by atoms with van der Waals surface area (Å²) in [6.07, 6.45) is 3.62. The molecule has 3 N–H and O–H groups in total. The van der Waals surface area contributed by atoms with E-state index in [0.29, 0.717) is 40.7 Å². The fraction of sp³-hybridized carbons (Fsp3) is 0.258. The van der Waals surface area contributed by atoms with Gasteiger partial charge in [-0.05, 0) is 68.2 Å². The number of benzene rings is 3. The molecule has 0 bridgehead atoms. The second-order valence-corrected chi connectivity index (χ2v) is 9.78. The summed E-state index contributed by atoms with van der Waals surface area (Å²) in [7, 11) is 1.54. The summed E-state index contributed by atoms with van der Waals surface area (Å²) in [6, 6.07) is 14.8. The van der Waals surface area contributed by atoms with Crippen molar-refractivity contribution in [2.45, 2.75) is 19.4 Å². The van der Waals surface area contributed by atoms with E-state index in [1.807, 2.05) is 0 Å². The summed E-state index contributed by atoms with van der Waals surface area (Å²) in [4.78, 5) is 28.9. The Morgan fingerprint density at radius 3 is 2.50 bits per heavy atom. The molecule has 0 saturated carbocycles. The maximum absolute atomic E-state index is 15.0. The van der Waals surface area contributed by atoms with Gasteiger partial charge in [-0.2, -0.15) is 0 Å². The lowest BCUT2D eigenvalue weighted by Gasteiger charge is -2.23. The van der Waals surface area contributed by atoms with Crippen LogP contribution in [0.5, 0.6) is 23.0 Å². The number of ether oxygens (including phenoxy) is 3. The van der Waals surface area contributed by atoms with Crippen molar-refractivity contribution in [2.24, 2.45) is 5.92 Å². The smallest absolute Gasteiger partial charge is 0.313 e. The predicted octanol–water partition coefficient (Wildman–Crippen LogP) is 4.95. The molecule has 4 aromatic rings. The molecule has 1 saturated heterocycles. The number of methoxy groups -OCH3 is 1. The zero-order valence-corrected chi connectivity index (χ0v) is 22.9. The Morgan fingerprint density at radius 1 is 0.952 bits per heavy atom. The Morgan fingerprint density at radius 2 is 1.74 bits per heavy atom. The van der Waals surface area contributed by atoms with Crippen LogP contribution in [0.1, 0.15) is 18.4 Å². The fourth-order valence-corrected chi connectivity index (χ4v) is 4.67. The number of anilines is 1. The monoisotopic (exact) mass is 576 g/mol. The lowest BCUT2D eigenvalue weighted by atomic mass is 9.99. The molecule has 1 aromatic heterocycles. The van der Waals surface area contributed by atoms with E-state index < -0.39 is 23.4 Å². The maximum Gasteiger partial charge on any atom is 0.313 e. The second kappa shape index (κ2) is 13.3. The summed E-state index contributed by atoms with van der Waals surface area (Å²) < 4.78 is 46.3. The van der Waals surface area contributed by atoms with Gasteiger partial charge in [0.2, 0.25) is 0 Å². The van der Waals surface area contributed by atoms with Crippen LogP contribution in [0.3, 0.4) is 0 Å². The summed E-state index contributed by atoms with van der Waals surface area (Å²) in [5.41, 5.74) is 0.777. The zero-order chi connectivity index (χ0) is 29.5. The number of carbonyl (C=O) groups excluding carboxylic acids is 2. The molecule has 2 heterocycles. The Bertz CT molecular complexity index is 1590. The van der Waals surface area contributed by atoms with E-state index in [4.69, 9.17) is 14.2 Å². The van der Waals surface area contributed by atoms with Crippen molar-refractivity contribution in [1.29, 1.82) is 0 Å². The number of fused-ring (bicyclic) bond motifs is 1. The SMILES string of the molecule is COc1c(OCC2CCNCC2)ccc2c(Oc3ccc(NC(=O)C(=O)NCc4ccccc4F)cc3F)ccnc12. The minimum atomic E-state index is -1.02. The van der Waals surface area contributed by atoms with Gasteiger partial charge < -0.3 is 30.2 Å². The second-order valence-electron chi connectivity index (χ2n) is 9.78. The van der Waals surface area contributed by atoms with Crippen molar-refractivity contribution in [3.8, 4) is 23.0 Å². The summed E-state index contributed by atoms with van der Waals surface area (Å²) in [5, 5.41) is 8.59. The molecule has 218 valence electrons. The number of nitrogens with one attached hydrogen (secondary N) is 3. The number of hydrogen-bond donors (Lipinski definition) is 3. The van der Waals surface area contributed by atoms with Crippen LogP contribution < -0.4 is 30.2 Å². The molecule has 1 fully saturated rings. The van der Waals surface area contributed by atoms with Gasteiger partial charge in [0.25, 0.3) is 0 Å². The number of hydrogen-bond acceptors (Lipinski definition) is 7. The van der Waals surface area contributed by atoms with Crippen molar-refractivity contribution in [1.82, 2.24) is 15.6 Å². The number of halogens is 2. The standard InChI is InChI=1S/C31H30F2N4O5/c1-40-29-27(41-18-19-10-13-34-14-11-19)9-7-22-25(12-15-35-28(22)29)42-26-8-6-21(16-24(26)33)37-31(39)30(38)36-17-20-4-2-3-5-23(20)32/h2-9,12,15-16,19,34H,10-11,13-14,17-18H2,1H3,(H,36,38)(H,37,39). The largest absolute Gasteiger partial charge is 0.491 e. The quantitative estimate of drug-likeness (QED) is 0.242. The molecule has 3 aromatic carbocycles. The van der Waals surface area contributed by atoms with E-state index in [-0.39, 0.29) is 23.5 Å². The van der Waals surface area contributed by atoms with E-state index in [0.717, 1.165) is 32.0 Å². The summed E-state index contributed by atoms with van der Waals surface area (Å²) in [6.45, 7) is 2.35. The molecule has 9 nitrogen and oxygen atoms in total. The van der Waals surface area contributed by atoms with Crippen LogP contribution in [-0.2, 0) is 16.1 Å². The van der Waals surface area contributed by atoms with Crippen LogP contribution in [-0.4, -0.2) is 43.6 Å². The van der Waals surface area contributed by atoms with Crippen molar-refractivity contribution in [3.63, 3.8) is 0 Å². The van der Waals surface area contributed by atoms with Gasteiger partial charge in [-0.25, -0.2) is 8.78 Å². The van der Waals surface area contributed by atoms with Gasteiger partial charge in [0.1, 0.15) is 17.1 Å². The summed E-state index contributed by atoms with van der Waals surface area (Å²) in [5.74, 6) is -1.56. The van der Waals surface area contributed by atoms with Gasteiger partial charge in [0.05, 0.1) is 13.7 Å². The minimum absolute atomic E-state index is 0.0442. The molecule has 0 atom stereocenters. The zero-order valence-electron chi connectivity index (χ0n) is 22.9. The van der Waals surface area contributed by atoms with Crippen molar-refractivity contribution >= 4 is 28.4 Å². The number of pyridine rings is 1. The molecule has 0 spiro atoms. The normalized spacial score (nSPS) is 13.4. The molecular formula is C31H30F2N4O5. The average molecular weight is 577 g/mol. The highest BCUT2D eigenvalue weighted by molar-refractivity contribution is 6.39.